The molecule has 1 unspecified atom stereocenters. The lowest BCUT2D eigenvalue weighted by atomic mass is 10.1. The molecule has 20 heavy (non-hydrogen) atoms. The summed E-state index contributed by atoms with van der Waals surface area (Å²) in [5, 5.41) is 3.56. The van der Waals surface area contributed by atoms with Crippen molar-refractivity contribution < 1.29 is 9.59 Å². The Balaban J connectivity index is 2.26. The van der Waals surface area contributed by atoms with Gasteiger partial charge in [0.25, 0.3) is 5.91 Å². The number of likely N-dealkylation sites (N-methyl/N-ethyl adjacent to an activating group) is 1. The molecule has 1 aromatic rings. The predicted molar refractivity (Wildman–Crippen MR) is 77.8 cm³/mol. The molecule has 1 aliphatic rings. The number of halogens is 1. The lowest BCUT2D eigenvalue weighted by molar-refractivity contribution is -0.134. The number of carbonyl (C=O) groups is 2. The topological polar surface area (TPSA) is 52.7 Å². The van der Waals surface area contributed by atoms with Crippen molar-refractivity contribution in [1.29, 1.82) is 0 Å². The summed E-state index contributed by atoms with van der Waals surface area (Å²) in [5.74, 6) is -0.282. The third-order valence-electron chi connectivity index (χ3n) is 3.33. The first-order valence-corrected chi connectivity index (χ1v) is 6.87. The zero-order valence-corrected chi connectivity index (χ0v) is 12.4. The third kappa shape index (κ3) is 2.94. The summed E-state index contributed by atoms with van der Waals surface area (Å²) >= 11 is 6.07. The highest BCUT2D eigenvalue weighted by Gasteiger charge is 2.33. The molecule has 0 radical (unpaired) electrons. The van der Waals surface area contributed by atoms with Crippen LogP contribution in [0.2, 0.25) is 5.02 Å². The summed E-state index contributed by atoms with van der Waals surface area (Å²) in [6, 6.07) is 6.43. The number of benzene rings is 1. The maximum Gasteiger partial charge on any atom is 0.256 e. The molecule has 0 aromatic heterocycles. The van der Waals surface area contributed by atoms with Gasteiger partial charge in [0.15, 0.2) is 0 Å². The van der Waals surface area contributed by atoms with Crippen molar-refractivity contribution in [2.45, 2.75) is 6.04 Å². The summed E-state index contributed by atoms with van der Waals surface area (Å²) < 4.78 is 0. The van der Waals surface area contributed by atoms with Crippen molar-refractivity contribution >= 4 is 23.4 Å². The van der Waals surface area contributed by atoms with Crippen LogP contribution in [0, 0.1) is 0 Å². The van der Waals surface area contributed by atoms with Gasteiger partial charge in [0.1, 0.15) is 6.04 Å². The van der Waals surface area contributed by atoms with Crippen LogP contribution in [-0.2, 0) is 4.79 Å². The summed E-state index contributed by atoms with van der Waals surface area (Å²) in [6.07, 6.45) is 0. The molecule has 1 heterocycles. The molecular formula is C14H18ClN3O2. The van der Waals surface area contributed by atoms with Gasteiger partial charge >= 0.3 is 0 Å². The van der Waals surface area contributed by atoms with Crippen molar-refractivity contribution in [3.8, 4) is 0 Å². The van der Waals surface area contributed by atoms with Gasteiger partial charge in [-0.15, -0.1) is 0 Å². The Morgan fingerprint density at radius 1 is 1.35 bits per heavy atom. The largest absolute Gasteiger partial charge is 0.347 e. The van der Waals surface area contributed by atoms with Crippen LogP contribution in [0.4, 0.5) is 0 Å². The average molecular weight is 296 g/mol. The second kappa shape index (κ2) is 6.24. The Morgan fingerprint density at radius 3 is 2.70 bits per heavy atom. The molecule has 1 aliphatic heterocycles. The fraction of sp³-hybridized carbons (Fsp3) is 0.429. The molecule has 1 atom stereocenters. The van der Waals surface area contributed by atoms with Crippen LogP contribution in [0.25, 0.3) is 0 Å². The Hall–Kier alpha value is -1.59. The van der Waals surface area contributed by atoms with Crippen LogP contribution >= 0.6 is 11.6 Å². The first-order chi connectivity index (χ1) is 9.52. The zero-order valence-electron chi connectivity index (χ0n) is 11.6. The second-order valence-corrected chi connectivity index (χ2v) is 5.34. The molecule has 0 spiro atoms. The Kier molecular flexibility index (Phi) is 4.62. The first-order valence-electron chi connectivity index (χ1n) is 6.49. The zero-order chi connectivity index (χ0) is 14.7. The number of nitrogens with zero attached hydrogens (tertiary/aromatic N) is 2. The van der Waals surface area contributed by atoms with Crippen LogP contribution in [0.15, 0.2) is 24.3 Å². The number of hydrogen-bond acceptors (Lipinski definition) is 3. The number of piperazine rings is 1. The number of rotatable bonds is 2. The third-order valence-corrected chi connectivity index (χ3v) is 3.66. The average Bonchev–Trinajstić information content (AvgIpc) is 2.46. The van der Waals surface area contributed by atoms with Crippen LogP contribution in [-0.4, -0.2) is 61.4 Å². The van der Waals surface area contributed by atoms with E-state index in [2.05, 4.69) is 5.32 Å². The van der Waals surface area contributed by atoms with Crippen molar-refractivity contribution in [2.75, 3.05) is 33.7 Å². The fourth-order valence-corrected chi connectivity index (χ4v) is 2.47. The lowest BCUT2D eigenvalue weighted by Gasteiger charge is -2.36. The van der Waals surface area contributed by atoms with E-state index in [9.17, 15) is 9.59 Å². The quantitative estimate of drug-likeness (QED) is 0.880. The first kappa shape index (κ1) is 14.8. The molecule has 2 amide bonds. The minimum absolute atomic E-state index is 0.0856. The monoisotopic (exact) mass is 295 g/mol. The van der Waals surface area contributed by atoms with E-state index in [1.807, 2.05) is 0 Å². The summed E-state index contributed by atoms with van der Waals surface area (Å²) in [5.41, 5.74) is 0.438. The second-order valence-electron chi connectivity index (χ2n) is 4.93. The van der Waals surface area contributed by atoms with Crippen molar-refractivity contribution in [3.63, 3.8) is 0 Å². The van der Waals surface area contributed by atoms with Gasteiger partial charge in [0.2, 0.25) is 5.91 Å². The highest BCUT2D eigenvalue weighted by atomic mass is 35.5. The van der Waals surface area contributed by atoms with Gasteiger partial charge in [0.05, 0.1) is 10.6 Å². The number of hydrogen-bond donors (Lipinski definition) is 1. The van der Waals surface area contributed by atoms with Gasteiger partial charge < -0.3 is 15.1 Å². The van der Waals surface area contributed by atoms with Gasteiger partial charge in [-0.25, -0.2) is 0 Å². The minimum Gasteiger partial charge on any atom is -0.347 e. The molecule has 108 valence electrons. The minimum atomic E-state index is -0.484. The standard InChI is InChI=1S/C14H18ClN3O2/c1-17(2)14(20)12-9-16-7-8-18(12)13(19)10-5-3-4-6-11(10)15/h3-6,12,16H,7-9H2,1-2H3. The van der Waals surface area contributed by atoms with Gasteiger partial charge in [-0.1, -0.05) is 23.7 Å². The summed E-state index contributed by atoms with van der Waals surface area (Å²) in [6.45, 7) is 1.63. The highest BCUT2D eigenvalue weighted by Crippen LogP contribution is 2.19. The van der Waals surface area contributed by atoms with Crippen LogP contribution < -0.4 is 5.32 Å². The van der Waals surface area contributed by atoms with E-state index >= 15 is 0 Å². The molecule has 0 aliphatic carbocycles. The molecule has 5 nitrogen and oxygen atoms in total. The lowest BCUT2D eigenvalue weighted by Crippen LogP contribution is -2.59. The van der Waals surface area contributed by atoms with Crippen LogP contribution in [0.1, 0.15) is 10.4 Å². The van der Waals surface area contributed by atoms with Crippen molar-refractivity contribution in [1.82, 2.24) is 15.1 Å². The molecule has 1 N–H and O–H groups in total. The van der Waals surface area contributed by atoms with Crippen molar-refractivity contribution in [2.24, 2.45) is 0 Å². The van der Waals surface area contributed by atoms with Gasteiger partial charge in [0, 0.05) is 33.7 Å². The van der Waals surface area contributed by atoms with Gasteiger partial charge in [-0.3, -0.25) is 9.59 Å². The van der Waals surface area contributed by atoms with Gasteiger partial charge in [-0.05, 0) is 12.1 Å². The Labute approximate surface area is 123 Å². The van der Waals surface area contributed by atoms with E-state index in [0.29, 0.717) is 30.2 Å². The molecule has 0 bridgehead atoms. The van der Waals surface area contributed by atoms with Crippen LogP contribution in [0.3, 0.4) is 0 Å². The highest BCUT2D eigenvalue weighted by molar-refractivity contribution is 6.33. The fourth-order valence-electron chi connectivity index (χ4n) is 2.26. The van der Waals surface area contributed by atoms with E-state index in [1.165, 1.54) is 4.90 Å². The summed E-state index contributed by atoms with van der Waals surface area (Å²) in [7, 11) is 3.38. The van der Waals surface area contributed by atoms with Gasteiger partial charge in [-0.2, -0.15) is 0 Å². The molecule has 1 saturated heterocycles. The van der Waals surface area contributed by atoms with E-state index in [1.54, 1.807) is 43.3 Å². The van der Waals surface area contributed by atoms with E-state index in [-0.39, 0.29) is 11.8 Å². The van der Waals surface area contributed by atoms with E-state index in [4.69, 9.17) is 11.6 Å². The number of carbonyl (C=O) groups excluding carboxylic acids is 2. The normalized spacial score (nSPS) is 18.8. The molecule has 6 heteroatoms. The van der Waals surface area contributed by atoms with Crippen LogP contribution in [0.5, 0.6) is 0 Å². The molecular weight excluding hydrogens is 278 g/mol. The van der Waals surface area contributed by atoms with E-state index in [0.717, 1.165) is 0 Å². The number of amides is 2. The number of nitrogens with one attached hydrogen (secondary N) is 1. The molecule has 2 rings (SSSR count). The Bertz CT molecular complexity index is 519. The SMILES string of the molecule is CN(C)C(=O)C1CNCCN1C(=O)c1ccccc1Cl. The summed E-state index contributed by atoms with van der Waals surface area (Å²) in [4.78, 5) is 27.9. The van der Waals surface area contributed by atoms with E-state index < -0.39 is 6.04 Å². The Morgan fingerprint density at radius 2 is 2.05 bits per heavy atom. The smallest absolute Gasteiger partial charge is 0.256 e. The van der Waals surface area contributed by atoms with Crippen molar-refractivity contribution in [3.05, 3.63) is 34.9 Å². The maximum absolute atomic E-state index is 12.6. The predicted octanol–water partition coefficient (Wildman–Crippen LogP) is 0.842. The maximum atomic E-state index is 12.6. The molecule has 0 saturated carbocycles. The molecule has 1 fully saturated rings. The molecule has 1 aromatic carbocycles.